The van der Waals surface area contributed by atoms with Crippen LogP contribution in [0.15, 0.2) is 58.5 Å². The van der Waals surface area contributed by atoms with Crippen molar-refractivity contribution >= 4 is 33.3 Å². The summed E-state index contributed by atoms with van der Waals surface area (Å²) in [7, 11) is -4.02. The van der Waals surface area contributed by atoms with Crippen LogP contribution < -0.4 is 10.1 Å². The maximum atomic E-state index is 12.8. The fraction of sp³-hybridized carbons (Fsp3) is 0.208. The van der Waals surface area contributed by atoms with E-state index in [-0.39, 0.29) is 10.6 Å². The van der Waals surface area contributed by atoms with Crippen LogP contribution in [-0.2, 0) is 10.0 Å². The molecule has 0 aromatic heterocycles. The van der Waals surface area contributed by atoms with E-state index in [9.17, 15) is 18.5 Å². The predicted octanol–water partition coefficient (Wildman–Crippen LogP) is 5.38. The van der Waals surface area contributed by atoms with Crippen LogP contribution in [0.3, 0.4) is 0 Å². The second kappa shape index (κ2) is 9.41. The number of rotatable bonds is 7. The van der Waals surface area contributed by atoms with E-state index in [0.717, 1.165) is 39.4 Å². The number of hydrogen-bond acceptors (Lipinski definition) is 6. The highest BCUT2D eigenvalue weighted by Crippen LogP contribution is 2.29. The molecule has 9 heteroatoms. The number of hydrogen-bond donors (Lipinski definition) is 2. The van der Waals surface area contributed by atoms with Gasteiger partial charge in [0.2, 0.25) is 0 Å². The molecule has 0 saturated heterocycles. The fourth-order valence-electron chi connectivity index (χ4n) is 3.62. The summed E-state index contributed by atoms with van der Waals surface area (Å²) in [5, 5.41) is 15.8. The summed E-state index contributed by atoms with van der Waals surface area (Å²) in [6.45, 7) is 9.63. The Morgan fingerprint density at radius 1 is 0.848 bits per heavy atom. The quantitative estimate of drug-likeness (QED) is 0.275. The molecule has 3 aromatic carbocycles. The van der Waals surface area contributed by atoms with Crippen molar-refractivity contribution in [3.8, 4) is 0 Å². The van der Waals surface area contributed by atoms with Gasteiger partial charge in [0.1, 0.15) is 5.69 Å². The van der Waals surface area contributed by atoms with E-state index >= 15 is 0 Å². The van der Waals surface area contributed by atoms with Crippen LogP contribution in [0.2, 0.25) is 0 Å². The number of nitrogens with zero attached hydrogens (tertiary/aromatic N) is 2. The molecule has 33 heavy (non-hydrogen) atoms. The maximum Gasteiger partial charge on any atom is 0.295 e. The normalized spacial score (nSPS) is 11.5. The molecular formula is C24H26N4O4S. The number of aryl methyl sites for hydroxylation is 5. The molecule has 0 radical (unpaired) electrons. The van der Waals surface area contributed by atoms with Crippen LogP contribution in [0.5, 0.6) is 0 Å². The second-order valence-electron chi connectivity index (χ2n) is 8.04. The van der Waals surface area contributed by atoms with Crippen molar-refractivity contribution in [1.29, 1.82) is 0 Å². The van der Waals surface area contributed by atoms with Gasteiger partial charge in [-0.15, -0.1) is 0 Å². The van der Waals surface area contributed by atoms with Gasteiger partial charge in [-0.3, -0.25) is 20.3 Å². The smallest absolute Gasteiger partial charge is 0.279 e. The van der Waals surface area contributed by atoms with Gasteiger partial charge in [0.25, 0.3) is 15.7 Å². The van der Waals surface area contributed by atoms with E-state index in [2.05, 4.69) is 15.2 Å². The molecule has 0 fully saturated rings. The molecule has 0 unspecified atom stereocenters. The van der Waals surface area contributed by atoms with Crippen molar-refractivity contribution in [2.75, 3.05) is 10.1 Å². The molecule has 0 aliphatic heterocycles. The minimum Gasteiger partial charge on any atom is -0.279 e. The van der Waals surface area contributed by atoms with E-state index in [0.29, 0.717) is 5.69 Å². The third kappa shape index (κ3) is 5.56. The van der Waals surface area contributed by atoms with Gasteiger partial charge < -0.3 is 0 Å². The molecule has 172 valence electrons. The molecule has 3 aromatic rings. The molecule has 0 heterocycles. The van der Waals surface area contributed by atoms with Gasteiger partial charge in [0.05, 0.1) is 21.7 Å². The highest BCUT2D eigenvalue weighted by molar-refractivity contribution is 7.92. The maximum absolute atomic E-state index is 12.8. The summed E-state index contributed by atoms with van der Waals surface area (Å²) in [5.74, 6) is 0. The molecule has 3 rings (SSSR count). The number of nitro groups is 1. The zero-order chi connectivity index (χ0) is 24.3. The van der Waals surface area contributed by atoms with E-state index in [1.165, 1.54) is 12.1 Å². The van der Waals surface area contributed by atoms with Crippen LogP contribution in [0, 0.1) is 44.7 Å². The standard InChI is InChI=1S/C24H26N4O4S/c1-15-6-8-22(19(5)10-15)27-33(31,32)20-7-9-23(24(13-20)28(29)30)26-25-14-21-17(3)11-16(2)12-18(21)4/h6-14,26-27H,1-5H3. The minimum absolute atomic E-state index is 0.0872. The monoisotopic (exact) mass is 466 g/mol. The van der Waals surface area contributed by atoms with Crippen molar-refractivity contribution in [1.82, 2.24) is 0 Å². The average molecular weight is 467 g/mol. The Bertz CT molecular complexity index is 1340. The second-order valence-corrected chi connectivity index (χ2v) is 9.72. The number of benzene rings is 3. The Morgan fingerprint density at radius 2 is 1.45 bits per heavy atom. The fourth-order valence-corrected chi connectivity index (χ4v) is 4.77. The molecule has 2 N–H and O–H groups in total. The number of nitro benzene ring substituents is 1. The first kappa shape index (κ1) is 23.9. The van der Waals surface area contributed by atoms with E-state index in [1.807, 2.05) is 45.9 Å². The molecule has 0 amide bonds. The molecule has 0 saturated carbocycles. The number of anilines is 2. The molecule has 8 nitrogen and oxygen atoms in total. The lowest BCUT2D eigenvalue weighted by atomic mass is 10.0. The largest absolute Gasteiger partial charge is 0.295 e. The van der Waals surface area contributed by atoms with E-state index in [1.54, 1.807) is 25.3 Å². The summed E-state index contributed by atoms with van der Waals surface area (Å²) < 4.78 is 28.2. The number of nitrogens with one attached hydrogen (secondary N) is 2. The Morgan fingerprint density at radius 3 is 2.06 bits per heavy atom. The third-order valence-electron chi connectivity index (χ3n) is 5.22. The van der Waals surface area contributed by atoms with Gasteiger partial charge in [-0.1, -0.05) is 35.4 Å². The summed E-state index contributed by atoms with van der Waals surface area (Å²) in [6, 6.07) is 13.0. The molecule has 0 spiro atoms. The molecule has 0 atom stereocenters. The Hall–Kier alpha value is -3.72. The van der Waals surface area contributed by atoms with Crippen LogP contribution >= 0.6 is 0 Å². The third-order valence-corrected chi connectivity index (χ3v) is 6.58. The van der Waals surface area contributed by atoms with E-state index < -0.39 is 20.6 Å². The van der Waals surface area contributed by atoms with Gasteiger partial charge in [-0.2, -0.15) is 5.10 Å². The van der Waals surface area contributed by atoms with Crippen molar-refractivity contribution in [2.45, 2.75) is 39.5 Å². The predicted molar refractivity (Wildman–Crippen MR) is 132 cm³/mol. The first-order valence-corrected chi connectivity index (χ1v) is 11.7. The lowest BCUT2D eigenvalue weighted by Gasteiger charge is -2.12. The van der Waals surface area contributed by atoms with Gasteiger partial charge in [-0.25, -0.2) is 8.42 Å². The van der Waals surface area contributed by atoms with Crippen LogP contribution in [0.1, 0.15) is 33.4 Å². The molecular weight excluding hydrogens is 440 g/mol. The molecule has 0 aliphatic rings. The average Bonchev–Trinajstić information content (AvgIpc) is 2.71. The van der Waals surface area contributed by atoms with Crippen LogP contribution in [0.25, 0.3) is 0 Å². The molecule has 0 aliphatic carbocycles. The van der Waals surface area contributed by atoms with Gasteiger partial charge in [-0.05, 0) is 69.5 Å². The van der Waals surface area contributed by atoms with Gasteiger partial charge in [0, 0.05) is 11.6 Å². The Kier molecular flexibility index (Phi) is 6.83. The summed E-state index contributed by atoms with van der Waals surface area (Å²) in [6.07, 6.45) is 1.60. The Balaban J connectivity index is 1.88. The zero-order valence-corrected chi connectivity index (χ0v) is 19.9. The van der Waals surface area contributed by atoms with Gasteiger partial charge in [0.15, 0.2) is 0 Å². The summed E-state index contributed by atoms with van der Waals surface area (Å²) >= 11 is 0. The summed E-state index contributed by atoms with van der Waals surface area (Å²) in [4.78, 5) is 10.8. The lowest BCUT2D eigenvalue weighted by Crippen LogP contribution is -2.14. The number of sulfonamides is 1. The highest BCUT2D eigenvalue weighted by atomic mass is 32.2. The number of hydrazone groups is 1. The van der Waals surface area contributed by atoms with Crippen molar-refractivity contribution in [2.24, 2.45) is 5.10 Å². The molecule has 0 bridgehead atoms. The summed E-state index contributed by atoms with van der Waals surface area (Å²) in [5.41, 5.74) is 8.64. The zero-order valence-electron chi connectivity index (χ0n) is 19.1. The first-order chi connectivity index (χ1) is 15.5. The topological polar surface area (TPSA) is 114 Å². The Labute approximate surface area is 193 Å². The van der Waals surface area contributed by atoms with Crippen LogP contribution in [0.4, 0.5) is 17.1 Å². The first-order valence-electron chi connectivity index (χ1n) is 10.2. The minimum atomic E-state index is -4.02. The lowest BCUT2D eigenvalue weighted by molar-refractivity contribution is -0.384. The highest BCUT2D eigenvalue weighted by Gasteiger charge is 2.22. The van der Waals surface area contributed by atoms with Crippen molar-refractivity contribution in [3.63, 3.8) is 0 Å². The van der Waals surface area contributed by atoms with Crippen LogP contribution in [-0.4, -0.2) is 19.6 Å². The van der Waals surface area contributed by atoms with E-state index in [4.69, 9.17) is 0 Å². The van der Waals surface area contributed by atoms with Gasteiger partial charge >= 0.3 is 0 Å². The van der Waals surface area contributed by atoms with Crippen molar-refractivity contribution in [3.05, 3.63) is 92.0 Å². The SMILES string of the molecule is Cc1ccc(NS(=O)(=O)c2ccc(NN=Cc3c(C)cc(C)cc3C)c([N+](=O)[O-])c2)c(C)c1. The van der Waals surface area contributed by atoms with Crippen molar-refractivity contribution < 1.29 is 13.3 Å².